The minimum atomic E-state index is -0.943. The van der Waals surface area contributed by atoms with E-state index >= 15 is 0 Å². The summed E-state index contributed by atoms with van der Waals surface area (Å²) in [5.41, 5.74) is 0.259. The molecule has 1 N–H and O–H groups in total. The third-order valence-electron chi connectivity index (χ3n) is 2.27. The number of hydrogen-bond donors (Lipinski definition) is 1. The van der Waals surface area contributed by atoms with Crippen LogP contribution in [0.4, 0.5) is 0 Å². The number of ether oxygens (including phenoxy) is 2. The predicted molar refractivity (Wildman–Crippen MR) is 68.5 cm³/mol. The minimum absolute atomic E-state index is 0.259. The van der Waals surface area contributed by atoms with Crippen molar-refractivity contribution in [3.05, 3.63) is 42.0 Å². The van der Waals surface area contributed by atoms with Gasteiger partial charge in [0.25, 0.3) is 0 Å². The molecule has 0 aliphatic carbocycles. The number of carboxylic acid groups (broad SMARTS) is 1. The second-order valence-electron chi connectivity index (χ2n) is 3.99. The van der Waals surface area contributed by atoms with Gasteiger partial charge in [0.05, 0.1) is 6.10 Å². The van der Waals surface area contributed by atoms with E-state index in [4.69, 9.17) is 14.6 Å². The average Bonchev–Trinajstić information content (AvgIpc) is 2.29. The molecule has 4 nitrogen and oxygen atoms in total. The molecule has 4 heteroatoms. The van der Waals surface area contributed by atoms with Crippen molar-refractivity contribution in [3.63, 3.8) is 0 Å². The fraction of sp³-hybridized carbons (Fsp3) is 0.357. The topological polar surface area (TPSA) is 55.8 Å². The molecule has 0 amide bonds. The molecule has 0 aromatic heterocycles. The maximum absolute atomic E-state index is 10.7. The molecular formula is C14H18O4. The molecule has 0 saturated heterocycles. The van der Waals surface area contributed by atoms with Crippen molar-refractivity contribution in [3.8, 4) is 5.75 Å². The molecular weight excluding hydrogens is 232 g/mol. The standard InChI is InChI=1S/C14H18O4/c1-10(14(15)16)9-11(2)17-12(3)18-13-7-5-4-6-8-13/h4-9,11-12H,1-3H3,(H,15,16)/b10-9+. The van der Waals surface area contributed by atoms with E-state index in [0.29, 0.717) is 0 Å². The second kappa shape index (κ2) is 6.81. The minimum Gasteiger partial charge on any atom is -0.478 e. The number of carboxylic acids is 1. The lowest BCUT2D eigenvalue weighted by Crippen LogP contribution is -2.21. The molecule has 2 atom stereocenters. The molecule has 1 rings (SSSR count). The van der Waals surface area contributed by atoms with Gasteiger partial charge in [0.15, 0.2) is 6.29 Å². The van der Waals surface area contributed by atoms with E-state index in [2.05, 4.69) is 0 Å². The van der Waals surface area contributed by atoms with Gasteiger partial charge in [0.2, 0.25) is 0 Å². The molecule has 1 aromatic carbocycles. The number of para-hydroxylation sites is 1. The molecule has 98 valence electrons. The Hall–Kier alpha value is -1.81. The molecule has 0 aliphatic rings. The van der Waals surface area contributed by atoms with Gasteiger partial charge < -0.3 is 14.6 Å². The zero-order valence-corrected chi connectivity index (χ0v) is 10.8. The Labute approximate surface area is 107 Å². The maximum Gasteiger partial charge on any atom is 0.331 e. The van der Waals surface area contributed by atoms with E-state index in [9.17, 15) is 4.79 Å². The Balaban J connectivity index is 2.48. The maximum atomic E-state index is 10.7. The molecule has 18 heavy (non-hydrogen) atoms. The van der Waals surface area contributed by atoms with Crippen LogP contribution >= 0.6 is 0 Å². The zero-order chi connectivity index (χ0) is 13.5. The molecule has 1 aromatic rings. The normalized spacial score (nSPS) is 14.9. The van der Waals surface area contributed by atoms with Crippen molar-refractivity contribution >= 4 is 5.97 Å². The highest BCUT2D eigenvalue weighted by molar-refractivity contribution is 5.85. The summed E-state index contributed by atoms with van der Waals surface area (Å²) in [6.07, 6.45) is 0.785. The van der Waals surface area contributed by atoms with Crippen molar-refractivity contribution in [2.24, 2.45) is 0 Å². The van der Waals surface area contributed by atoms with Gasteiger partial charge in [-0.25, -0.2) is 4.79 Å². The summed E-state index contributed by atoms with van der Waals surface area (Å²) in [6.45, 7) is 5.08. The molecule has 0 radical (unpaired) electrons. The van der Waals surface area contributed by atoms with Crippen LogP contribution in [0.5, 0.6) is 5.75 Å². The molecule has 0 spiro atoms. The fourth-order valence-electron chi connectivity index (χ4n) is 1.48. The Bertz CT molecular complexity index is 411. The van der Waals surface area contributed by atoms with Crippen LogP contribution in [-0.4, -0.2) is 23.5 Å². The first-order valence-corrected chi connectivity index (χ1v) is 5.78. The largest absolute Gasteiger partial charge is 0.478 e. The van der Waals surface area contributed by atoms with Gasteiger partial charge in [-0.2, -0.15) is 0 Å². The van der Waals surface area contributed by atoms with Crippen LogP contribution in [0, 0.1) is 0 Å². The van der Waals surface area contributed by atoms with Gasteiger partial charge in [-0.15, -0.1) is 0 Å². The van der Waals surface area contributed by atoms with Gasteiger partial charge in [-0.05, 0) is 39.0 Å². The van der Waals surface area contributed by atoms with Crippen molar-refractivity contribution in [2.45, 2.75) is 33.2 Å². The molecule has 0 fully saturated rings. The lowest BCUT2D eigenvalue weighted by atomic mass is 10.2. The Morgan fingerprint density at radius 3 is 2.44 bits per heavy atom. The number of carbonyl (C=O) groups is 1. The molecule has 0 saturated carbocycles. The fourth-order valence-corrected chi connectivity index (χ4v) is 1.48. The van der Waals surface area contributed by atoms with E-state index in [-0.39, 0.29) is 11.7 Å². The Morgan fingerprint density at radius 1 is 1.28 bits per heavy atom. The van der Waals surface area contributed by atoms with E-state index in [1.165, 1.54) is 6.92 Å². The van der Waals surface area contributed by atoms with Crippen LogP contribution in [0.15, 0.2) is 42.0 Å². The molecule has 0 aliphatic heterocycles. The van der Waals surface area contributed by atoms with Crippen LogP contribution in [0.1, 0.15) is 20.8 Å². The van der Waals surface area contributed by atoms with Crippen LogP contribution < -0.4 is 4.74 Å². The van der Waals surface area contributed by atoms with Crippen molar-refractivity contribution < 1.29 is 19.4 Å². The van der Waals surface area contributed by atoms with Gasteiger partial charge >= 0.3 is 5.97 Å². The van der Waals surface area contributed by atoms with Crippen molar-refractivity contribution in [1.29, 1.82) is 0 Å². The summed E-state index contributed by atoms with van der Waals surface area (Å²) in [4.78, 5) is 10.7. The highest BCUT2D eigenvalue weighted by Crippen LogP contribution is 2.12. The summed E-state index contributed by atoms with van der Waals surface area (Å²) in [7, 11) is 0. The molecule has 0 bridgehead atoms. The van der Waals surface area contributed by atoms with Gasteiger partial charge in [-0.3, -0.25) is 0 Å². The van der Waals surface area contributed by atoms with Crippen LogP contribution in [0.25, 0.3) is 0 Å². The summed E-state index contributed by atoms with van der Waals surface area (Å²) < 4.78 is 11.0. The summed E-state index contributed by atoms with van der Waals surface area (Å²) in [5.74, 6) is -0.224. The average molecular weight is 250 g/mol. The predicted octanol–water partition coefficient (Wildman–Crippen LogP) is 2.85. The number of hydrogen-bond acceptors (Lipinski definition) is 3. The number of aliphatic carboxylic acids is 1. The first kappa shape index (κ1) is 14.3. The quantitative estimate of drug-likeness (QED) is 0.623. The summed E-state index contributed by atoms with van der Waals surface area (Å²) >= 11 is 0. The molecule has 0 heterocycles. The van der Waals surface area contributed by atoms with E-state index in [1.54, 1.807) is 19.9 Å². The summed E-state index contributed by atoms with van der Waals surface area (Å²) in [5, 5.41) is 8.75. The smallest absolute Gasteiger partial charge is 0.331 e. The van der Waals surface area contributed by atoms with Gasteiger partial charge in [0.1, 0.15) is 5.75 Å². The monoisotopic (exact) mass is 250 g/mol. The lowest BCUT2D eigenvalue weighted by Gasteiger charge is -2.18. The van der Waals surface area contributed by atoms with Gasteiger partial charge in [-0.1, -0.05) is 18.2 Å². The van der Waals surface area contributed by atoms with Crippen molar-refractivity contribution in [2.75, 3.05) is 0 Å². The first-order valence-electron chi connectivity index (χ1n) is 5.78. The highest BCUT2D eigenvalue weighted by Gasteiger charge is 2.10. The van der Waals surface area contributed by atoms with Crippen molar-refractivity contribution in [1.82, 2.24) is 0 Å². The third kappa shape index (κ3) is 5.01. The van der Waals surface area contributed by atoms with E-state index < -0.39 is 12.3 Å². The Morgan fingerprint density at radius 2 is 1.89 bits per heavy atom. The Kier molecular flexibility index (Phi) is 5.39. The lowest BCUT2D eigenvalue weighted by molar-refractivity contribution is -0.132. The van der Waals surface area contributed by atoms with E-state index in [1.807, 2.05) is 30.3 Å². The summed E-state index contributed by atoms with van der Waals surface area (Å²) in [6, 6.07) is 9.33. The zero-order valence-electron chi connectivity index (χ0n) is 10.8. The van der Waals surface area contributed by atoms with Crippen LogP contribution in [0.3, 0.4) is 0 Å². The second-order valence-corrected chi connectivity index (χ2v) is 3.99. The third-order valence-corrected chi connectivity index (χ3v) is 2.27. The highest BCUT2D eigenvalue weighted by atomic mass is 16.7. The van der Waals surface area contributed by atoms with Crippen LogP contribution in [0.2, 0.25) is 0 Å². The SMILES string of the molecule is C/C(=C\C(C)OC(C)Oc1ccccc1)C(=O)O. The van der Waals surface area contributed by atoms with E-state index in [0.717, 1.165) is 5.75 Å². The number of benzene rings is 1. The molecule has 2 unspecified atom stereocenters. The van der Waals surface area contributed by atoms with Crippen LogP contribution in [-0.2, 0) is 9.53 Å². The number of rotatable bonds is 6. The first-order chi connectivity index (χ1) is 8.49. The van der Waals surface area contributed by atoms with Gasteiger partial charge in [0, 0.05) is 5.57 Å².